The number of hydrogen-bond donors (Lipinski definition) is 2. The van der Waals surface area contributed by atoms with Gasteiger partial charge in [-0.15, -0.1) is 35.3 Å². The number of nitrogens with one attached hydrogen (secondary N) is 2. The first kappa shape index (κ1) is 22.2. The summed E-state index contributed by atoms with van der Waals surface area (Å²) in [5.74, 6) is 0.830. The van der Waals surface area contributed by atoms with E-state index in [0.29, 0.717) is 6.04 Å². The van der Waals surface area contributed by atoms with Crippen molar-refractivity contribution in [2.75, 3.05) is 26.7 Å². The summed E-state index contributed by atoms with van der Waals surface area (Å²) in [4.78, 5) is 20.1. The predicted molar refractivity (Wildman–Crippen MR) is 117 cm³/mol. The molecule has 142 valence electrons. The van der Waals surface area contributed by atoms with Crippen LogP contribution in [0.25, 0.3) is 0 Å². The minimum absolute atomic E-state index is 0. The summed E-state index contributed by atoms with van der Waals surface area (Å²) in [5.41, 5.74) is 0. The van der Waals surface area contributed by atoms with Gasteiger partial charge in [0.1, 0.15) is 6.54 Å². The summed E-state index contributed by atoms with van der Waals surface area (Å²) in [7, 11) is 2.02. The molecule has 1 amide bonds. The SMILES string of the molecule is CCNC(=NCC(=O)NC1CCCCC1)N(C)CCc1cccs1.I. The molecule has 1 heterocycles. The van der Waals surface area contributed by atoms with Crippen molar-refractivity contribution in [3.63, 3.8) is 0 Å². The summed E-state index contributed by atoms with van der Waals surface area (Å²) in [6, 6.07) is 4.58. The van der Waals surface area contributed by atoms with E-state index in [2.05, 4.69) is 38.0 Å². The lowest BCUT2D eigenvalue weighted by Gasteiger charge is -2.23. The van der Waals surface area contributed by atoms with Gasteiger partial charge in [0.15, 0.2) is 5.96 Å². The summed E-state index contributed by atoms with van der Waals surface area (Å²) in [6.07, 6.45) is 6.95. The van der Waals surface area contributed by atoms with Crippen molar-refractivity contribution in [1.29, 1.82) is 0 Å². The third-order valence-corrected chi connectivity index (χ3v) is 5.25. The van der Waals surface area contributed by atoms with E-state index in [9.17, 15) is 4.79 Å². The second-order valence-electron chi connectivity index (χ2n) is 6.32. The van der Waals surface area contributed by atoms with Crippen molar-refractivity contribution in [3.05, 3.63) is 22.4 Å². The van der Waals surface area contributed by atoms with Crippen molar-refractivity contribution >= 4 is 47.2 Å². The van der Waals surface area contributed by atoms with E-state index in [1.54, 1.807) is 11.3 Å². The van der Waals surface area contributed by atoms with Gasteiger partial charge in [-0.3, -0.25) is 4.79 Å². The number of rotatable bonds is 7. The third kappa shape index (κ3) is 8.40. The zero-order chi connectivity index (χ0) is 17.2. The fourth-order valence-electron chi connectivity index (χ4n) is 2.98. The first-order chi connectivity index (χ1) is 11.7. The van der Waals surface area contributed by atoms with E-state index in [0.717, 1.165) is 38.3 Å². The lowest BCUT2D eigenvalue weighted by atomic mass is 9.95. The highest BCUT2D eigenvalue weighted by atomic mass is 127. The van der Waals surface area contributed by atoms with Crippen LogP contribution >= 0.6 is 35.3 Å². The Morgan fingerprint density at radius 1 is 1.36 bits per heavy atom. The van der Waals surface area contributed by atoms with Gasteiger partial charge < -0.3 is 15.5 Å². The zero-order valence-electron chi connectivity index (χ0n) is 15.3. The van der Waals surface area contributed by atoms with Crippen molar-refractivity contribution < 1.29 is 4.79 Å². The number of amides is 1. The summed E-state index contributed by atoms with van der Waals surface area (Å²) < 4.78 is 0. The van der Waals surface area contributed by atoms with E-state index in [-0.39, 0.29) is 36.4 Å². The molecule has 7 heteroatoms. The molecule has 1 fully saturated rings. The molecular weight excluding hydrogens is 447 g/mol. The highest BCUT2D eigenvalue weighted by molar-refractivity contribution is 14.0. The number of nitrogens with zero attached hydrogens (tertiary/aromatic N) is 2. The second kappa shape index (κ2) is 12.5. The largest absolute Gasteiger partial charge is 0.357 e. The Kier molecular flexibility index (Phi) is 11.1. The molecule has 0 aromatic carbocycles. The Bertz CT molecular complexity index is 515. The van der Waals surface area contributed by atoms with Crippen molar-refractivity contribution in [2.45, 2.75) is 51.5 Å². The van der Waals surface area contributed by atoms with Gasteiger partial charge in [0.2, 0.25) is 5.91 Å². The van der Waals surface area contributed by atoms with Gasteiger partial charge >= 0.3 is 0 Å². The summed E-state index contributed by atoms with van der Waals surface area (Å²) in [5, 5.41) is 8.49. The van der Waals surface area contributed by atoms with Gasteiger partial charge in [-0.05, 0) is 37.6 Å². The van der Waals surface area contributed by atoms with Crippen molar-refractivity contribution in [1.82, 2.24) is 15.5 Å². The number of hydrogen-bond acceptors (Lipinski definition) is 3. The third-order valence-electron chi connectivity index (χ3n) is 4.31. The quantitative estimate of drug-likeness (QED) is 0.360. The van der Waals surface area contributed by atoms with Crippen molar-refractivity contribution in [2.24, 2.45) is 4.99 Å². The van der Waals surface area contributed by atoms with Crippen LogP contribution in [0.4, 0.5) is 0 Å². The maximum absolute atomic E-state index is 12.1. The number of aliphatic imine (C=N–C) groups is 1. The Hall–Kier alpha value is -0.830. The Morgan fingerprint density at radius 2 is 2.12 bits per heavy atom. The number of likely N-dealkylation sites (N-methyl/N-ethyl adjacent to an activating group) is 1. The van der Waals surface area contributed by atoms with E-state index >= 15 is 0 Å². The van der Waals surface area contributed by atoms with Gasteiger partial charge in [-0.1, -0.05) is 25.3 Å². The fraction of sp³-hybridized carbons (Fsp3) is 0.667. The molecule has 0 unspecified atom stereocenters. The highest BCUT2D eigenvalue weighted by Crippen LogP contribution is 2.17. The lowest BCUT2D eigenvalue weighted by molar-refractivity contribution is -0.120. The standard InChI is InChI=1S/C18H30N4OS.HI/c1-3-19-18(22(2)12-11-16-10-7-13-24-16)20-14-17(23)21-15-8-5-4-6-9-15;/h7,10,13,15H,3-6,8-9,11-12,14H2,1-2H3,(H,19,20)(H,21,23);1H. The zero-order valence-corrected chi connectivity index (χ0v) is 18.4. The molecule has 0 radical (unpaired) electrons. The molecule has 0 atom stereocenters. The molecule has 2 N–H and O–H groups in total. The lowest BCUT2D eigenvalue weighted by Crippen LogP contribution is -2.42. The van der Waals surface area contributed by atoms with Crippen LogP contribution in [0.2, 0.25) is 0 Å². The Balaban J connectivity index is 0.00000312. The molecule has 0 spiro atoms. The van der Waals surface area contributed by atoms with E-state index in [4.69, 9.17) is 0 Å². The van der Waals surface area contributed by atoms with Gasteiger partial charge in [0.25, 0.3) is 0 Å². The minimum Gasteiger partial charge on any atom is -0.357 e. The van der Waals surface area contributed by atoms with Crippen LogP contribution in [0.1, 0.15) is 43.9 Å². The number of thiophene rings is 1. The monoisotopic (exact) mass is 478 g/mol. The van der Waals surface area contributed by atoms with Crippen molar-refractivity contribution in [3.8, 4) is 0 Å². The first-order valence-electron chi connectivity index (χ1n) is 9.00. The number of halogens is 1. The van der Waals surface area contributed by atoms with Crippen LogP contribution in [0.5, 0.6) is 0 Å². The topological polar surface area (TPSA) is 56.7 Å². The smallest absolute Gasteiger partial charge is 0.242 e. The molecule has 1 saturated carbocycles. The average Bonchev–Trinajstić information content (AvgIpc) is 3.11. The van der Waals surface area contributed by atoms with Gasteiger partial charge in [0, 0.05) is 31.1 Å². The molecule has 25 heavy (non-hydrogen) atoms. The maximum Gasteiger partial charge on any atom is 0.242 e. The van der Waals surface area contributed by atoms with Crippen LogP contribution in [0.3, 0.4) is 0 Å². The Labute approximate surface area is 172 Å². The Morgan fingerprint density at radius 3 is 2.76 bits per heavy atom. The normalized spacial score (nSPS) is 15.4. The number of carbonyl (C=O) groups is 1. The van der Waals surface area contributed by atoms with E-state index in [1.807, 2.05) is 14.0 Å². The van der Waals surface area contributed by atoms with E-state index in [1.165, 1.54) is 24.1 Å². The number of carbonyl (C=O) groups excluding carboxylic acids is 1. The molecule has 5 nitrogen and oxygen atoms in total. The minimum atomic E-state index is 0. The van der Waals surface area contributed by atoms with Gasteiger partial charge in [-0.25, -0.2) is 4.99 Å². The predicted octanol–water partition coefficient (Wildman–Crippen LogP) is 3.25. The molecule has 0 bridgehead atoms. The van der Waals surface area contributed by atoms with Crippen LogP contribution in [0.15, 0.2) is 22.5 Å². The van der Waals surface area contributed by atoms with Crippen LogP contribution < -0.4 is 10.6 Å². The maximum atomic E-state index is 12.1. The second-order valence-corrected chi connectivity index (χ2v) is 7.36. The van der Waals surface area contributed by atoms with Gasteiger partial charge in [-0.2, -0.15) is 0 Å². The molecule has 0 saturated heterocycles. The van der Waals surface area contributed by atoms with E-state index < -0.39 is 0 Å². The molecule has 1 aromatic rings. The molecule has 1 aliphatic rings. The molecule has 1 aromatic heterocycles. The van der Waals surface area contributed by atoms with Gasteiger partial charge in [0.05, 0.1) is 0 Å². The van der Waals surface area contributed by atoms with Crippen LogP contribution in [0, 0.1) is 0 Å². The molecule has 1 aliphatic carbocycles. The summed E-state index contributed by atoms with van der Waals surface area (Å²) >= 11 is 1.78. The molecule has 2 rings (SSSR count). The van der Waals surface area contributed by atoms with Crippen LogP contribution in [-0.4, -0.2) is 49.5 Å². The average molecular weight is 478 g/mol. The molecule has 0 aliphatic heterocycles. The molecular formula is C18H31IN4OS. The summed E-state index contributed by atoms with van der Waals surface area (Å²) in [6.45, 7) is 3.93. The first-order valence-corrected chi connectivity index (χ1v) is 9.88. The number of guanidine groups is 1. The van der Waals surface area contributed by atoms with Crippen LogP contribution in [-0.2, 0) is 11.2 Å². The fourth-order valence-corrected chi connectivity index (χ4v) is 3.67. The highest BCUT2D eigenvalue weighted by Gasteiger charge is 2.15.